The van der Waals surface area contributed by atoms with Crippen LogP contribution in [0.2, 0.25) is 0 Å². The molecular formula is C11H20N2O2. The second-order valence-electron chi connectivity index (χ2n) is 5.05. The molecule has 4 nitrogen and oxygen atoms in total. The molecule has 0 aliphatic carbocycles. The normalized spacial score (nSPS) is 31.5. The quantitative estimate of drug-likeness (QED) is 0.733. The first kappa shape index (κ1) is 10.9. The maximum atomic E-state index is 10.8. The predicted octanol–water partition coefficient (Wildman–Crippen LogP) is 0.343. The monoisotopic (exact) mass is 212 g/mol. The van der Waals surface area contributed by atoms with Gasteiger partial charge in [0.1, 0.15) is 0 Å². The smallest absolute Gasteiger partial charge is 0.306 e. The molecule has 0 saturated carbocycles. The molecule has 2 fully saturated rings. The fraction of sp³-hybridized carbons (Fsp3) is 0.909. The van der Waals surface area contributed by atoms with Gasteiger partial charge in [-0.3, -0.25) is 9.69 Å². The van der Waals surface area contributed by atoms with Crippen LogP contribution in [0.1, 0.15) is 13.3 Å². The van der Waals surface area contributed by atoms with E-state index in [1.165, 1.54) is 13.0 Å². The van der Waals surface area contributed by atoms with Crippen molar-refractivity contribution >= 4 is 5.97 Å². The van der Waals surface area contributed by atoms with Crippen LogP contribution in [0.4, 0.5) is 0 Å². The largest absolute Gasteiger partial charge is 0.481 e. The molecule has 2 aliphatic heterocycles. The fourth-order valence-electron chi connectivity index (χ4n) is 2.57. The number of rotatable bonds is 3. The Balaban J connectivity index is 1.76. The molecule has 0 amide bonds. The average Bonchev–Trinajstić information content (AvgIpc) is 2.49. The van der Waals surface area contributed by atoms with Gasteiger partial charge < -0.3 is 10.0 Å². The number of aliphatic carboxylic acids is 1. The van der Waals surface area contributed by atoms with Crippen LogP contribution >= 0.6 is 0 Å². The van der Waals surface area contributed by atoms with E-state index in [0.29, 0.717) is 12.0 Å². The highest BCUT2D eigenvalue weighted by Crippen LogP contribution is 2.28. The maximum absolute atomic E-state index is 10.8. The van der Waals surface area contributed by atoms with Gasteiger partial charge in [-0.1, -0.05) is 6.92 Å². The van der Waals surface area contributed by atoms with Gasteiger partial charge >= 0.3 is 5.97 Å². The number of likely N-dealkylation sites (N-methyl/N-ethyl adjacent to an activating group) is 1. The molecule has 86 valence electrons. The van der Waals surface area contributed by atoms with Crippen LogP contribution in [0.3, 0.4) is 0 Å². The summed E-state index contributed by atoms with van der Waals surface area (Å²) in [6.45, 7) is 6.11. The topological polar surface area (TPSA) is 43.8 Å². The molecular weight excluding hydrogens is 192 g/mol. The van der Waals surface area contributed by atoms with Gasteiger partial charge in [0.05, 0.1) is 5.92 Å². The lowest BCUT2D eigenvalue weighted by Crippen LogP contribution is -2.55. The van der Waals surface area contributed by atoms with Crippen molar-refractivity contribution in [1.82, 2.24) is 9.80 Å². The Labute approximate surface area is 90.9 Å². The number of carboxylic acids is 1. The van der Waals surface area contributed by atoms with E-state index in [2.05, 4.69) is 16.8 Å². The summed E-state index contributed by atoms with van der Waals surface area (Å²) in [6, 6.07) is 0.673. The Kier molecular flexibility index (Phi) is 2.98. The molecule has 0 aromatic rings. The van der Waals surface area contributed by atoms with Crippen molar-refractivity contribution in [3.8, 4) is 0 Å². The zero-order chi connectivity index (χ0) is 11.0. The number of nitrogens with zero attached hydrogens (tertiary/aromatic N) is 2. The summed E-state index contributed by atoms with van der Waals surface area (Å²) in [5.41, 5.74) is 0. The standard InChI is InChI=1S/C11H20N2O2/c1-8(11(14)15)9-5-13(6-9)10-3-4-12(2)7-10/h8-10H,3-7H2,1-2H3,(H,14,15). The van der Waals surface area contributed by atoms with Crippen molar-refractivity contribution in [2.45, 2.75) is 19.4 Å². The van der Waals surface area contributed by atoms with E-state index in [-0.39, 0.29) is 5.92 Å². The van der Waals surface area contributed by atoms with Crippen LogP contribution in [-0.2, 0) is 4.79 Å². The molecule has 15 heavy (non-hydrogen) atoms. The molecule has 0 bridgehead atoms. The van der Waals surface area contributed by atoms with Crippen molar-refractivity contribution in [1.29, 1.82) is 0 Å². The number of carbonyl (C=O) groups is 1. The van der Waals surface area contributed by atoms with E-state index in [9.17, 15) is 4.79 Å². The maximum Gasteiger partial charge on any atom is 0.306 e. The minimum absolute atomic E-state index is 0.180. The fourth-order valence-corrected chi connectivity index (χ4v) is 2.57. The third kappa shape index (κ3) is 2.16. The van der Waals surface area contributed by atoms with Crippen LogP contribution in [0.15, 0.2) is 0 Å². The molecule has 2 heterocycles. The van der Waals surface area contributed by atoms with Crippen LogP contribution in [0.25, 0.3) is 0 Å². The van der Waals surface area contributed by atoms with Gasteiger partial charge in [-0.25, -0.2) is 0 Å². The molecule has 0 aromatic carbocycles. The Morgan fingerprint density at radius 3 is 2.53 bits per heavy atom. The summed E-state index contributed by atoms with van der Waals surface area (Å²) in [4.78, 5) is 15.6. The number of likely N-dealkylation sites (tertiary alicyclic amines) is 2. The van der Waals surface area contributed by atoms with Crippen molar-refractivity contribution in [2.75, 3.05) is 33.2 Å². The first-order valence-corrected chi connectivity index (χ1v) is 5.73. The van der Waals surface area contributed by atoms with Gasteiger partial charge in [-0.05, 0) is 25.9 Å². The highest BCUT2D eigenvalue weighted by atomic mass is 16.4. The lowest BCUT2D eigenvalue weighted by molar-refractivity contribution is -0.145. The molecule has 0 spiro atoms. The number of hydrogen-bond donors (Lipinski definition) is 1. The van der Waals surface area contributed by atoms with E-state index in [4.69, 9.17) is 5.11 Å². The minimum atomic E-state index is -0.650. The van der Waals surface area contributed by atoms with Crippen LogP contribution in [-0.4, -0.2) is 60.1 Å². The Morgan fingerprint density at radius 1 is 1.40 bits per heavy atom. The summed E-state index contributed by atoms with van der Waals surface area (Å²) in [5.74, 6) is -0.461. The summed E-state index contributed by atoms with van der Waals surface area (Å²) in [7, 11) is 2.15. The first-order chi connectivity index (χ1) is 7.08. The van der Waals surface area contributed by atoms with Gasteiger partial charge in [0.2, 0.25) is 0 Å². The second-order valence-corrected chi connectivity index (χ2v) is 5.05. The third-order valence-electron chi connectivity index (χ3n) is 3.92. The Bertz CT molecular complexity index is 251. The van der Waals surface area contributed by atoms with Gasteiger partial charge in [0.25, 0.3) is 0 Å². The molecule has 2 rings (SSSR count). The van der Waals surface area contributed by atoms with E-state index < -0.39 is 5.97 Å². The van der Waals surface area contributed by atoms with Crippen LogP contribution in [0.5, 0.6) is 0 Å². The van der Waals surface area contributed by atoms with Crippen molar-refractivity contribution in [3.05, 3.63) is 0 Å². The second kappa shape index (κ2) is 4.10. The highest BCUT2D eigenvalue weighted by Gasteiger charge is 2.39. The Morgan fingerprint density at radius 2 is 2.07 bits per heavy atom. The predicted molar refractivity (Wildman–Crippen MR) is 57.8 cm³/mol. The van der Waals surface area contributed by atoms with Gasteiger partial charge in [-0.2, -0.15) is 0 Å². The molecule has 4 heteroatoms. The SMILES string of the molecule is CC(C(=O)O)C1CN(C2CCN(C)C2)C1. The van der Waals surface area contributed by atoms with Gasteiger partial charge in [0, 0.05) is 25.7 Å². The summed E-state index contributed by atoms with van der Waals surface area (Å²) < 4.78 is 0. The zero-order valence-electron chi connectivity index (χ0n) is 9.52. The lowest BCUT2D eigenvalue weighted by Gasteiger charge is -2.44. The van der Waals surface area contributed by atoms with Crippen molar-refractivity contribution in [2.24, 2.45) is 11.8 Å². The summed E-state index contributed by atoms with van der Waals surface area (Å²) in [6.07, 6.45) is 1.24. The van der Waals surface area contributed by atoms with E-state index in [1.807, 2.05) is 6.92 Å². The van der Waals surface area contributed by atoms with Crippen molar-refractivity contribution < 1.29 is 9.90 Å². The lowest BCUT2D eigenvalue weighted by atomic mass is 9.86. The van der Waals surface area contributed by atoms with E-state index in [1.54, 1.807) is 0 Å². The number of carboxylic acid groups (broad SMARTS) is 1. The van der Waals surface area contributed by atoms with Crippen LogP contribution in [0, 0.1) is 11.8 Å². The summed E-state index contributed by atoms with van der Waals surface area (Å²) in [5, 5.41) is 8.88. The van der Waals surface area contributed by atoms with Gasteiger partial charge in [-0.15, -0.1) is 0 Å². The molecule has 2 atom stereocenters. The molecule has 0 aromatic heterocycles. The highest BCUT2D eigenvalue weighted by molar-refractivity contribution is 5.70. The van der Waals surface area contributed by atoms with Crippen molar-refractivity contribution in [3.63, 3.8) is 0 Å². The van der Waals surface area contributed by atoms with E-state index in [0.717, 1.165) is 19.6 Å². The molecule has 0 radical (unpaired) electrons. The average molecular weight is 212 g/mol. The molecule has 2 aliphatic rings. The minimum Gasteiger partial charge on any atom is -0.481 e. The molecule has 2 unspecified atom stereocenters. The first-order valence-electron chi connectivity index (χ1n) is 5.73. The third-order valence-corrected chi connectivity index (χ3v) is 3.92. The van der Waals surface area contributed by atoms with Gasteiger partial charge in [0.15, 0.2) is 0 Å². The Hall–Kier alpha value is -0.610. The summed E-state index contributed by atoms with van der Waals surface area (Å²) >= 11 is 0. The molecule has 2 saturated heterocycles. The zero-order valence-corrected chi connectivity index (χ0v) is 9.52. The van der Waals surface area contributed by atoms with E-state index >= 15 is 0 Å². The van der Waals surface area contributed by atoms with Crippen LogP contribution < -0.4 is 0 Å². The number of hydrogen-bond acceptors (Lipinski definition) is 3. The molecule has 1 N–H and O–H groups in total.